The van der Waals surface area contributed by atoms with Crippen molar-refractivity contribution in [2.24, 2.45) is 16.8 Å². The lowest BCUT2D eigenvalue weighted by atomic mass is 9.96. The summed E-state index contributed by atoms with van der Waals surface area (Å²) in [6.07, 6.45) is 2.05. The van der Waals surface area contributed by atoms with Crippen LogP contribution < -0.4 is 10.5 Å². The molecule has 1 heterocycles. The Morgan fingerprint density at radius 3 is 3.05 bits per heavy atom. The molecular formula is C14H21N3O2. The Balaban J connectivity index is 2.02. The van der Waals surface area contributed by atoms with Crippen LogP contribution in [0, 0.1) is 5.92 Å². The molecule has 5 heteroatoms. The van der Waals surface area contributed by atoms with Gasteiger partial charge in [0.25, 0.3) is 0 Å². The maximum atomic E-state index is 8.77. The van der Waals surface area contributed by atoms with Gasteiger partial charge < -0.3 is 15.7 Å². The predicted molar refractivity (Wildman–Crippen MR) is 74.4 cm³/mol. The van der Waals surface area contributed by atoms with E-state index >= 15 is 0 Å². The van der Waals surface area contributed by atoms with Crippen LogP contribution in [0.3, 0.4) is 0 Å². The summed E-state index contributed by atoms with van der Waals surface area (Å²) in [5.41, 5.74) is 6.88. The molecule has 5 nitrogen and oxygen atoms in total. The van der Waals surface area contributed by atoms with E-state index in [-0.39, 0.29) is 5.92 Å². The number of hydrogen-bond acceptors (Lipinski definition) is 4. The van der Waals surface area contributed by atoms with Crippen LogP contribution in [0.15, 0.2) is 29.4 Å². The Kier molecular flexibility index (Phi) is 4.63. The van der Waals surface area contributed by atoms with Crippen LogP contribution in [-0.2, 0) is 6.54 Å². The normalized spacial score (nSPS) is 21.3. The van der Waals surface area contributed by atoms with Crippen molar-refractivity contribution in [1.82, 2.24) is 4.90 Å². The third kappa shape index (κ3) is 3.38. The number of para-hydroxylation sites is 1. The molecule has 19 heavy (non-hydrogen) atoms. The van der Waals surface area contributed by atoms with Crippen LogP contribution in [0.4, 0.5) is 0 Å². The van der Waals surface area contributed by atoms with Crippen LogP contribution in [0.25, 0.3) is 0 Å². The van der Waals surface area contributed by atoms with Gasteiger partial charge in [-0.1, -0.05) is 23.4 Å². The molecular weight excluding hydrogens is 242 g/mol. The number of methoxy groups -OCH3 is 1. The third-order valence-corrected chi connectivity index (χ3v) is 3.63. The van der Waals surface area contributed by atoms with Crippen LogP contribution in [0.5, 0.6) is 5.75 Å². The van der Waals surface area contributed by atoms with E-state index in [1.165, 1.54) is 5.56 Å². The Hall–Kier alpha value is -1.75. The van der Waals surface area contributed by atoms with E-state index in [0.717, 1.165) is 38.2 Å². The van der Waals surface area contributed by atoms with Crippen molar-refractivity contribution < 1.29 is 9.94 Å². The van der Waals surface area contributed by atoms with E-state index in [1.54, 1.807) is 7.11 Å². The molecule has 1 aromatic carbocycles. The lowest BCUT2D eigenvalue weighted by Gasteiger charge is -2.32. The number of nitrogens with two attached hydrogens (primary N) is 1. The highest BCUT2D eigenvalue weighted by molar-refractivity contribution is 5.82. The summed E-state index contributed by atoms with van der Waals surface area (Å²) in [6.45, 7) is 2.69. The van der Waals surface area contributed by atoms with Gasteiger partial charge in [0.15, 0.2) is 0 Å². The van der Waals surface area contributed by atoms with Gasteiger partial charge in [-0.05, 0) is 25.5 Å². The highest BCUT2D eigenvalue weighted by Gasteiger charge is 2.23. The second-order valence-corrected chi connectivity index (χ2v) is 4.91. The van der Waals surface area contributed by atoms with Gasteiger partial charge in [0.2, 0.25) is 0 Å². The number of amidine groups is 1. The van der Waals surface area contributed by atoms with Crippen molar-refractivity contribution in [3.05, 3.63) is 29.8 Å². The molecule has 1 fully saturated rings. The smallest absolute Gasteiger partial charge is 0.143 e. The third-order valence-electron chi connectivity index (χ3n) is 3.63. The average molecular weight is 263 g/mol. The summed E-state index contributed by atoms with van der Waals surface area (Å²) in [5, 5.41) is 11.9. The molecule has 0 radical (unpaired) electrons. The summed E-state index contributed by atoms with van der Waals surface area (Å²) < 4.78 is 5.37. The van der Waals surface area contributed by atoms with Gasteiger partial charge in [0, 0.05) is 24.6 Å². The van der Waals surface area contributed by atoms with E-state index in [4.69, 9.17) is 15.7 Å². The fraction of sp³-hybridized carbons (Fsp3) is 0.500. The average Bonchev–Trinajstić information content (AvgIpc) is 2.47. The number of ether oxygens (including phenoxy) is 1. The summed E-state index contributed by atoms with van der Waals surface area (Å²) >= 11 is 0. The molecule has 0 amide bonds. The largest absolute Gasteiger partial charge is 0.496 e. The SMILES string of the molecule is COc1ccccc1CN1CCCC(C(N)=NO)C1. The van der Waals surface area contributed by atoms with Gasteiger partial charge in [0.05, 0.1) is 7.11 Å². The van der Waals surface area contributed by atoms with Gasteiger partial charge in [-0.2, -0.15) is 0 Å². The fourth-order valence-corrected chi connectivity index (χ4v) is 2.60. The number of rotatable bonds is 4. The van der Waals surface area contributed by atoms with Crippen molar-refractivity contribution in [2.45, 2.75) is 19.4 Å². The molecule has 1 unspecified atom stereocenters. The lowest BCUT2D eigenvalue weighted by molar-refractivity contribution is 0.191. The molecule has 0 aliphatic carbocycles. The first-order valence-corrected chi connectivity index (χ1v) is 6.56. The van der Waals surface area contributed by atoms with Crippen molar-refractivity contribution >= 4 is 5.84 Å². The molecule has 2 rings (SSSR count). The zero-order chi connectivity index (χ0) is 13.7. The van der Waals surface area contributed by atoms with Crippen molar-refractivity contribution in [1.29, 1.82) is 0 Å². The van der Waals surface area contributed by atoms with Gasteiger partial charge in [0.1, 0.15) is 11.6 Å². The minimum atomic E-state index is 0.147. The summed E-state index contributed by atoms with van der Waals surface area (Å²) in [5.74, 6) is 1.40. The predicted octanol–water partition coefficient (Wildman–Crippen LogP) is 1.65. The van der Waals surface area contributed by atoms with Gasteiger partial charge in [-0.25, -0.2) is 0 Å². The second-order valence-electron chi connectivity index (χ2n) is 4.91. The number of benzene rings is 1. The molecule has 104 valence electrons. The summed E-state index contributed by atoms with van der Waals surface area (Å²) in [4.78, 5) is 2.32. The molecule has 1 atom stereocenters. The second kappa shape index (κ2) is 6.43. The van der Waals surface area contributed by atoms with Crippen LogP contribution in [-0.4, -0.2) is 36.1 Å². The number of piperidine rings is 1. The molecule has 1 aliphatic heterocycles. The van der Waals surface area contributed by atoms with Crippen molar-refractivity contribution in [3.63, 3.8) is 0 Å². The quantitative estimate of drug-likeness (QED) is 0.375. The first kappa shape index (κ1) is 13.7. The van der Waals surface area contributed by atoms with Crippen LogP contribution >= 0.6 is 0 Å². The number of likely N-dealkylation sites (tertiary alicyclic amines) is 1. The highest BCUT2D eigenvalue weighted by atomic mass is 16.5. The monoisotopic (exact) mass is 263 g/mol. The Labute approximate surface area is 113 Å². The molecule has 0 bridgehead atoms. The minimum absolute atomic E-state index is 0.147. The van der Waals surface area contributed by atoms with E-state index in [1.807, 2.05) is 18.2 Å². The molecule has 1 saturated heterocycles. The first-order valence-electron chi connectivity index (χ1n) is 6.56. The maximum absolute atomic E-state index is 8.77. The van der Waals surface area contributed by atoms with Crippen molar-refractivity contribution in [2.75, 3.05) is 20.2 Å². The highest BCUT2D eigenvalue weighted by Crippen LogP contribution is 2.23. The van der Waals surface area contributed by atoms with Gasteiger partial charge >= 0.3 is 0 Å². The topological polar surface area (TPSA) is 71.1 Å². The van der Waals surface area contributed by atoms with E-state index in [9.17, 15) is 0 Å². The Morgan fingerprint density at radius 1 is 1.53 bits per heavy atom. The van der Waals surface area contributed by atoms with E-state index in [0.29, 0.717) is 5.84 Å². The maximum Gasteiger partial charge on any atom is 0.143 e. The zero-order valence-electron chi connectivity index (χ0n) is 11.2. The number of nitrogens with zero attached hydrogens (tertiary/aromatic N) is 2. The van der Waals surface area contributed by atoms with Gasteiger partial charge in [-0.3, -0.25) is 4.90 Å². The number of oxime groups is 1. The molecule has 0 aromatic heterocycles. The Morgan fingerprint density at radius 2 is 2.32 bits per heavy atom. The Bertz CT molecular complexity index is 448. The summed E-state index contributed by atoms with van der Waals surface area (Å²) in [6, 6.07) is 8.03. The first-order chi connectivity index (χ1) is 9.24. The molecule has 1 aromatic rings. The lowest BCUT2D eigenvalue weighted by Crippen LogP contribution is -2.40. The molecule has 0 spiro atoms. The van der Waals surface area contributed by atoms with Crippen LogP contribution in [0.1, 0.15) is 18.4 Å². The summed E-state index contributed by atoms with van der Waals surface area (Å²) in [7, 11) is 1.69. The molecule has 0 saturated carbocycles. The minimum Gasteiger partial charge on any atom is -0.496 e. The molecule has 3 N–H and O–H groups in total. The van der Waals surface area contributed by atoms with E-state index < -0.39 is 0 Å². The van der Waals surface area contributed by atoms with Crippen molar-refractivity contribution in [3.8, 4) is 5.75 Å². The van der Waals surface area contributed by atoms with E-state index in [2.05, 4.69) is 16.1 Å². The standard InChI is InChI=1S/C14H21N3O2/c1-19-13-7-3-2-5-11(13)9-17-8-4-6-12(10-17)14(15)16-18/h2-3,5,7,12,18H,4,6,8-10H2,1H3,(H2,15,16). The zero-order valence-corrected chi connectivity index (χ0v) is 11.2. The molecule has 1 aliphatic rings. The van der Waals surface area contributed by atoms with Gasteiger partial charge in [-0.15, -0.1) is 0 Å². The van der Waals surface area contributed by atoms with Crippen LogP contribution in [0.2, 0.25) is 0 Å². The fourth-order valence-electron chi connectivity index (χ4n) is 2.60. The number of hydrogen-bond donors (Lipinski definition) is 2.